The van der Waals surface area contributed by atoms with Crippen molar-refractivity contribution in [3.63, 3.8) is 0 Å². The maximum Gasteiger partial charge on any atom is 0.149 e. The van der Waals surface area contributed by atoms with Crippen LogP contribution in [0.25, 0.3) is 0 Å². The van der Waals surface area contributed by atoms with E-state index in [-0.39, 0.29) is 12.0 Å². The number of ether oxygens (including phenoxy) is 1. The fourth-order valence-corrected chi connectivity index (χ4v) is 1.17. The number of carbonyl (C=O) groups is 1. The normalized spacial score (nSPS) is 13.5. The number of ketones is 1. The van der Waals surface area contributed by atoms with Crippen molar-refractivity contribution in [2.24, 2.45) is 5.92 Å². The summed E-state index contributed by atoms with van der Waals surface area (Å²) in [7, 11) is 1.96. The number of rotatable bonds is 8. The number of hydrogen-bond donors (Lipinski definition) is 0. The Labute approximate surface area is 93.8 Å². The molecule has 0 aliphatic carbocycles. The molecular formula is C12H25NO2. The molecule has 0 aromatic rings. The summed E-state index contributed by atoms with van der Waals surface area (Å²) in [5.74, 6) is 0.503. The van der Waals surface area contributed by atoms with Crippen LogP contribution in [0.2, 0.25) is 0 Å². The number of nitrogens with zero attached hydrogens (tertiary/aromatic N) is 1. The highest BCUT2D eigenvalue weighted by molar-refractivity contribution is 5.82. The van der Waals surface area contributed by atoms with E-state index in [1.165, 1.54) is 0 Å². The van der Waals surface area contributed by atoms with E-state index >= 15 is 0 Å². The standard InChI is InChI=1S/C12H25NO2/c1-6-11(4)12(14)9-13(5)7-8-15-10(2)3/h10-11H,6-9H2,1-5H3. The van der Waals surface area contributed by atoms with Gasteiger partial charge >= 0.3 is 0 Å². The first-order valence-corrected chi connectivity index (χ1v) is 5.80. The molecule has 90 valence electrons. The van der Waals surface area contributed by atoms with Crippen LogP contribution in [0.4, 0.5) is 0 Å². The Balaban J connectivity index is 3.64. The minimum atomic E-state index is 0.179. The van der Waals surface area contributed by atoms with E-state index in [4.69, 9.17) is 4.74 Å². The van der Waals surface area contributed by atoms with Gasteiger partial charge in [0.25, 0.3) is 0 Å². The monoisotopic (exact) mass is 215 g/mol. The smallest absolute Gasteiger partial charge is 0.149 e. The molecule has 0 aromatic carbocycles. The molecule has 0 saturated carbocycles. The molecule has 0 heterocycles. The van der Waals surface area contributed by atoms with Crippen molar-refractivity contribution in [2.45, 2.75) is 40.2 Å². The maximum atomic E-state index is 11.6. The van der Waals surface area contributed by atoms with Gasteiger partial charge in [-0.25, -0.2) is 0 Å². The maximum absolute atomic E-state index is 11.6. The molecule has 0 amide bonds. The lowest BCUT2D eigenvalue weighted by Gasteiger charge is -2.18. The van der Waals surface area contributed by atoms with Crippen molar-refractivity contribution in [1.82, 2.24) is 4.90 Å². The Hall–Kier alpha value is -0.410. The second-order valence-electron chi connectivity index (χ2n) is 4.43. The number of likely N-dealkylation sites (N-methyl/N-ethyl adjacent to an activating group) is 1. The van der Waals surface area contributed by atoms with E-state index in [1.807, 2.05) is 39.6 Å². The van der Waals surface area contributed by atoms with Crippen LogP contribution >= 0.6 is 0 Å². The Kier molecular flexibility index (Phi) is 7.61. The first kappa shape index (κ1) is 14.6. The Morgan fingerprint density at radius 3 is 2.40 bits per heavy atom. The molecular weight excluding hydrogens is 190 g/mol. The summed E-state index contributed by atoms with van der Waals surface area (Å²) in [5.41, 5.74) is 0. The van der Waals surface area contributed by atoms with E-state index in [0.717, 1.165) is 13.0 Å². The molecule has 0 N–H and O–H groups in total. The summed E-state index contributed by atoms with van der Waals surface area (Å²) in [6.45, 7) is 10.1. The van der Waals surface area contributed by atoms with E-state index < -0.39 is 0 Å². The second kappa shape index (κ2) is 7.83. The van der Waals surface area contributed by atoms with Crippen LogP contribution in [0.1, 0.15) is 34.1 Å². The lowest BCUT2D eigenvalue weighted by atomic mass is 10.0. The third-order valence-corrected chi connectivity index (χ3v) is 2.51. The van der Waals surface area contributed by atoms with E-state index in [2.05, 4.69) is 0 Å². The first-order valence-electron chi connectivity index (χ1n) is 5.80. The van der Waals surface area contributed by atoms with Crippen LogP contribution in [0, 0.1) is 5.92 Å². The summed E-state index contributed by atoms with van der Waals surface area (Å²) in [6, 6.07) is 0. The number of carbonyl (C=O) groups excluding carboxylic acids is 1. The van der Waals surface area contributed by atoms with Crippen LogP contribution < -0.4 is 0 Å². The molecule has 15 heavy (non-hydrogen) atoms. The van der Waals surface area contributed by atoms with Crippen LogP contribution in [0.5, 0.6) is 0 Å². The van der Waals surface area contributed by atoms with Crippen LogP contribution in [-0.4, -0.2) is 43.5 Å². The van der Waals surface area contributed by atoms with Crippen molar-refractivity contribution in [1.29, 1.82) is 0 Å². The predicted octanol–water partition coefficient (Wildman–Crippen LogP) is 1.96. The van der Waals surface area contributed by atoms with Gasteiger partial charge in [-0.3, -0.25) is 9.69 Å². The molecule has 0 saturated heterocycles. The van der Waals surface area contributed by atoms with Gasteiger partial charge in [0, 0.05) is 12.5 Å². The van der Waals surface area contributed by atoms with Gasteiger partial charge in [-0.2, -0.15) is 0 Å². The van der Waals surface area contributed by atoms with Gasteiger partial charge < -0.3 is 4.74 Å². The zero-order chi connectivity index (χ0) is 11.8. The quantitative estimate of drug-likeness (QED) is 0.620. The average Bonchev–Trinajstić information content (AvgIpc) is 2.15. The molecule has 3 nitrogen and oxygen atoms in total. The summed E-state index contributed by atoms with van der Waals surface area (Å²) < 4.78 is 5.43. The Bertz CT molecular complexity index is 180. The third-order valence-electron chi connectivity index (χ3n) is 2.51. The highest BCUT2D eigenvalue weighted by Crippen LogP contribution is 2.03. The molecule has 0 rings (SSSR count). The van der Waals surface area contributed by atoms with Crippen LogP contribution in [0.3, 0.4) is 0 Å². The molecule has 1 unspecified atom stereocenters. The summed E-state index contributed by atoms with van der Waals surface area (Å²) in [4.78, 5) is 13.6. The van der Waals surface area contributed by atoms with Gasteiger partial charge in [0.05, 0.1) is 19.3 Å². The Morgan fingerprint density at radius 1 is 1.33 bits per heavy atom. The zero-order valence-electron chi connectivity index (χ0n) is 10.7. The van der Waals surface area contributed by atoms with Gasteiger partial charge in [0.1, 0.15) is 5.78 Å². The minimum Gasteiger partial charge on any atom is -0.377 e. The lowest BCUT2D eigenvalue weighted by molar-refractivity contribution is -0.123. The topological polar surface area (TPSA) is 29.5 Å². The molecule has 0 bridgehead atoms. The molecule has 0 aromatic heterocycles. The SMILES string of the molecule is CCC(C)C(=O)CN(C)CCOC(C)C. The molecule has 0 spiro atoms. The highest BCUT2D eigenvalue weighted by Gasteiger charge is 2.12. The summed E-state index contributed by atoms with van der Waals surface area (Å²) in [5, 5.41) is 0. The van der Waals surface area contributed by atoms with Crippen molar-refractivity contribution in [2.75, 3.05) is 26.7 Å². The van der Waals surface area contributed by atoms with Gasteiger partial charge in [0.15, 0.2) is 0 Å². The third kappa shape index (κ3) is 7.51. The fraction of sp³-hybridized carbons (Fsp3) is 0.917. The average molecular weight is 215 g/mol. The second-order valence-corrected chi connectivity index (χ2v) is 4.43. The lowest BCUT2D eigenvalue weighted by Crippen LogP contribution is -2.32. The number of Topliss-reactive ketones (excluding diaryl/α,β-unsaturated/α-hetero) is 1. The van der Waals surface area contributed by atoms with Gasteiger partial charge in [-0.05, 0) is 27.3 Å². The molecule has 3 heteroatoms. The summed E-state index contributed by atoms with van der Waals surface area (Å²) in [6.07, 6.45) is 1.19. The molecule has 0 radical (unpaired) electrons. The van der Waals surface area contributed by atoms with Gasteiger partial charge in [0.2, 0.25) is 0 Å². The molecule has 0 fully saturated rings. The minimum absolute atomic E-state index is 0.179. The first-order chi connectivity index (χ1) is 6.97. The largest absolute Gasteiger partial charge is 0.377 e. The number of hydrogen-bond acceptors (Lipinski definition) is 3. The summed E-state index contributed by atoms with van der Waals surface area (Å²) >= 11 is 0. The van der Waals surface area contributed by atoms with Crippen molar-refractivity contribution < 1.29 is 9.53 Å². The van der Waals surface area contributed by atoms with E-state index in [9.17, 15) is 4.79 Å². The zero-order valence-corrected chi connectivity index (χ0v) is 10.7. The molecule has 1 atom stereocenters. The fourth-order valence-electron chi connectivity index (χ4n) is 1.17. The predicted molar refractivity (Wildman–Crippen MR) is 63.0 cm³/mol. The van der Waals surface area contributed by atoms with Crippen LogP contribution in [0.15, 0.2) is 0 Å². The van der Waals surface area contributed by atoms with E-state index in [0.29, 0.717) is 18.9 Å². The molecule has 0 aliphatic rings. The van der Waals surface area contributed by atoms with Crippen molar-refractivity contribution in [3.8, 4) is 0 Å². The van der Waals surface area contributed by atoms with Crippen molar-refractivity contribution in [3.05, 3.63) is 0 Å². The van der Waals surface area contributed by atoms with Crippen molar-refractivity contribution >= 4 is 5.78 Å². The van der Waals surface area contributed by atoms with E-state index in [1.54, 1.807) is 0 Å². The Morgan fingerprint density at radius 2 is 1.93 bits per heavy atom. The van der Waals surface area contributed by atoms with Crippen LogP contribution in [-0.2, 0) is 9.53 Å². The van der Waals surface area contributed by atoms with Gasteiger partial charge in [-0.1, -0.05) is 13.8 Å². The molecule has 0 aliphatic heterocycles. The van der Waals surface area contributed by atoms with Gasteiger partial charge in [-0.15, -0.1) is 0 Å². The highest BCUT2D eigenvalue weighted by atomic mass is 16.5.